The van der Waals surface area contributed by atoms with Crippen molar-refractivity contribution < 1.29 is 8.60 Å². The van der Waals surface area contributed by atoms with E-state index < -0.39 is 25.0 Å². The van der Waals surface area contributed by atoms with Gasteiger partial charge in [-0.25, -0.2) is 8.60 Å². The van der Waals surface area contributed by atoms with Gasteiger partial charge in [0.1, 0.15) is 14.2 Å². The molecule has 0 saturated carbocycles. The van der Waals surface area contributed by atoms with Gasteiger partial charge in [-0.15, -0.1) is 11.5 Å². The van der Waals surface area contributed by atoms with Crippen molar-refractivity contribution in [2.45, 2.75) is 48.9 Å². The fourth-order valence-corrected chi connectivity index (χ4v) is 4.09. The van der Waals surface area contributed by atoms with Crippen LogP contribution in [-0.2, 0) is 10.8 Å². The molecule has 0 aliphatic carbocycles. The van der Waals surface area contributed by atoms with E-state index in [1.807, 2.05) is 31.2 Å². The average Bonchev–Trinajstić information content (AvgIpc) is 2.53. The van der Waals surface area contributed by atoms with Crippen molar-refractivity contribution in [2.75, 3.05) is 0 Å². The maximum Gasteiger partial charge on any atom is 0.137 e. The molecular weight excluding hydrogens is 335 g/mol. The topological polar surface area (TPSA) is 17.1 Å². The third-order valence-corrected chi connectivity index (χ3v) is 5.83. The van der Waals surface area contributed by atoms with Crippen molar-refractivity contribution in [1.29, 1.82) is 0 Å². The van der Waals surface area contributed by atoms with E-state index in [9.17, 15) is 8.60 Å². The number of benzene rings is 2. The summed E-state index contributed by atoms with van der Waals surface area (Å²) in [5.74, 6) is 2.97. The molecule has 126 valence electrons. The Morgan fingerprint density at radius 1 is 1.08 bits per heavy atom. The standard InChI is InChI=1S/C20H23FOSSi/c1-16-11-13-17(14-12-16)23(22)20-10-6-5-8-18(20)19(21)9-7-15-24(2,3)4/h5-6,8,10-14,19H,9H2,1-4H3/t19-,23?/m0/s1. The van der Waals surface area contributed by atoms with E-state index in [2.05, 4.69) is 31.1 Å². The average molecular weight is 359 g/mol. The number of hydrogen-bond acceptors (Lipinski definition) is 1. The maximum atomic E-state index is 14.7. The Labute approximate surface area is 147 Å². The van der Waals surface area contributed by atoms with Crippen LogP contribution < -0.4 is 0 Å². The quantitative estimate of drug-likeness (QED) is 0.525. The van der Waals surface area contributed by atoms with Crippen molar-refractivity contribution >= 4 is 18.9 Å². The van der Waals surface area contributed by atoms with Crippen molar-refractivity contribution in [1.82, 2.24) is 0 Å². The monoisotopic (exact) mass is 358 g/mol. The molecule has 2 rings (SSSR count). The zero-order chi connectivity index (χ0) is 17.7. The predicted molar refractivity (Wildman–Crippen MR) is 102 cm³/mol. The Bertz CT molecular complexity index is 782. The van der Waals surface area contributed by atoms with Gasteiger partial charge in [0.05, 0.1) is 10.8 Å². The number of alkyl halides is 1. The lowest BCUT2D eigenvalue weighted by atomic mass is 10.1. The van der Waals surface area contributed by atoms with E-state index in [0.717, 1.165) is 5.56 Å². The second kappa shape index (κ2) is 7.91. The van der Waals surface area contributed by atoms with Crippen molar-refractivity contribution in [3.8, 4) is 11.5 Å². The first kappa shape index (κ1) is 18.6. The minimum atomic E-state index is -1.51. The molecule has 0 fully saturated rings. The number of aryl methyl sites for hydroxylation is 1. The van der Waals surface area contributed by atoms with Gasteiger partial charge in [-0.05, 0) is 25.1 Å². The molecule has 0 bridgehead atoms. The zero-order valence-electron chi connectivity index (χ0n) is 14.6. The highest BCUT2D eigenvalue weighted by atomic mass is 32.2. The van der Waals surface area contributed by atoms with Gasteiger partial charge in [0.2, 0.25) is 0 Å². The van der Waals surface area contributed by atoms with Crippen LogP contribution in [0, 0.1) is 18.4 Å². The van der Waals surface area contributed by atoms with E-state index in [4.69, 9.17) is 0 Å². The Kier molecular flexibility index (Phi) is 6.14. The fraction of sp³-hybridized carbons (Fsp3) is 0.300. The molecule has 24 heavy (non-hydrogen) atoms. The summed E-state index contributed by atoms with van der Waals surface area (Å²) < 4.78 is 27.5. The van der Waals surface area contributed by atoms with E-state index in [-0.39, 0.29) is 6.42 Å². The summed E-state index contributed by atoms with van der Waals surface area (Å²) in [4.78, 5) is 1.22. The van der Waals surface area contributed by atoms with Gasteiger partial charge in [-0.2, -0.15) is 0 Å². The van der Waals surface area contributed by atoms with Crippen LogP contribution in [0.5, 0.6) is 0 Å². The van der Waals surface area contributed by atoms with Crippen LogP contribution >= 0.6 is 0 Å². The molecule has 4 heteroatoms. The lowest BCUT2D eigenvalue weighted by Gasteiger charge is -2.12. The molecule has 0 aliphatic heterocycles. The smallest absolute Gasteiger partial charge is 0.137 e. The van der Waals surface area contributed by atoms with Gasteiger partial charge in [-0.1, -0.05) is 55.5 Å². The molecule has 0 heterocycles. The van der Waals surface area contributed by atoms with Crippen LogP contribution in [0.4, 0.5) is 4.39 Å². The van der Waals surface area contributed by atoms with E-state index in [1.165, 1.54) is 0 Å². The molecular formula is C20H23FOSSi. The summed E-state index contributed by atoms with van der Waals surface area (Å²) in [6.45, 7) is 8.38. The summed E-state index contributed by atoms with van der Waals surface area (Å²) >= 11 is 0. The lowest BCUT2D eigenvalue weighted by Crippen LogP contribution is -2.16. The Morgan fingerprint density at radius 3 is 2.33 bits per heavy atom. The highest BCUT2D eigenvalue weighted by molar-refractivity contribution is 7.85. The molecule has 0 saturated heterocycles. The van der Waals surface area contributed by atoms with Crippen LogP contribution in [0.2, 0.25) is 19.6 Å². The van der Waals surface area contributed by atoms with Gasteiger partial charge in [0.25, 0.3) is 0 Å². The lowest BCUT2D eigenvalue weighted by molar-refractivity contribution is 0.346. The van der Waals surface area contributed by atoms with Gasteiger partial charge < -0.3 is 0 Å². The third kappa shape index (κ3) is 5.15. The van der Waals surface area contributed by atoms with Gasteiger partial charge in [0.15, 0.2) is 0 Å². The van der Waals surface area contributed by atoms with Crippen LogP contribution in [-0.4, -0.2) is 12.3 Å². The van der Waals surface area contributed by atoms with Gasteiger partial charge in [-0.3, -0.25) is 0 Å². The van der Waals surface area contributed by atoms with Crippen LogP contribution in [0.25, 0.3) is 0 Å². The van der Waals surface area contributed by atoms with E-state index in [0.29, 0.717) is 15.4 Å². The first-order chi connectivity index (χ1) is 11.3. The molecule has 0 aromatic heterocycles. The zero-order valence-corrected chi connectivity index (χ0v) is 16.4. The summed E-state index contributed by atoms with van der Waals surface area (Å²) in [6.07, 6.45) is -1.08. The molecule has 0 amide bonds. The van der Waals surface area contributed by atoms with Crippen LogP contribution in [0.1, 0.15) is 23.7 Å². The first-order valence-electron chi connectivity index (χ1n) is 7.99. The summed E-state index contributed by atoms with van der Waals surface area (Å²) in [6, 6.07) is 14.5. The number of halogens is 1. The second-order valence-corrected chi connectivity index (χ2v) is 13.0. The van der Waals surface area contributed by atoms with Crippen LogP contribution in [0.3, 0.4) is 0 Å². The minimum Gasteiger partial charge on any atom is -0.249 e. The van der Waals surface area contributed by atoms with Gasteiger partial charge >= 0.3 is 0 Å². The van der Waals surface area contributed by atoms with Gasteiger partial charge in [0, 0.05) is 21.8 Å². The highest BCUT2D eigenvalue weighted by Gasteiger charge is 2.18. The Hall–Kier alpha value is -1.70. The van der Waals surface area contributed by atoms with E-state index in [1.54, 1.807) is 24.3 Å². The Balaban J connectivity index is 2.27. The molecule has 0 aliphatic rings. The largest absolute Gasteiger partial charge is 0.249 e. The SMILES string of the molecule is Cc1ccc(S(=O)c2ccccc2[C@@H](F)CC#C[Si](C)(C)C)cc1. The highest BCUT2D eigenvalue weighted by Crippen LogP contribution is 2.29. The molecule has 0 N–H and O–H groups in total. The minimum absolute atomic E-state index is 0.145. The number of hydrogen-bond donors (Lipinski definition) is 0. The molecule has 0 spiro atoms. The predicted octanol–water partition coefficient (Wildman–Crippen LogP) is 5.44. The molecule has 2 aromatic carbocycles. The molecule has 2 aromatic rings. The Morgan fingerprint density at radius 2 is 1.71 bits per heavy atom. The summed E-state index contributed by atoms with van der Waals surface area (Å²) in [7, 11) is -2.90. The molecule has 0 radical (unpaired) electrons. The van der Waals surface area contributed by atoms with Crippen LogP contribution in [0.15, 0.2) is 58.3 Å². The normalized spacial score (nSPS) is 13.7. The molecule has 2 atom stereocenters. The summed E-state index contributed by atoms with van der Waals surface area (Å²) in [5.41, 5.74) is 4.76. The third-order valence-electron chi connectivity index (χ3n) is 3.44. The van der Waals surface area contributed by atoms with E-state index >= 15 is 0 Å². The number of rotatable bonds is 4. The fourth-order valence-electron chi connectivity index (χ4n) is 2.21. The summed E-state index contributed by atoms with van der Waals surface area (Å²) in [5, 5.41) is 0. The van der Waals surface area contributed by atoms with Crippen molar-refractivity contribution in [3.63, 3.8) is 0 Å². The molecule has 1 nitrogen and oxygen atoms in total. The van der Waals surface area contributed by atoms with Crippen molar-refractivity contribution in [3.05, 3.63) is 59.7 Å². The first-order valence-corrected chi connectivity index (χ1v) is 12.6. The second-order valence-electron chi connectivity index (χ2n) is 6.84. The maximum absolute atomic E-state index is 14.7. The molecule has 1 unspecified atom stereocenters. The van der Waals surface area contributed by atoms with Crippen molar-refractivity contribution in [2.24, 2.45) is 0 Å².